The molecule has 1 aromatic rings. The SMILES string of the molecule is Cc1cc(NN)c(C(=O)N(CC(C)C)C(C)C)cn1. The van der Waals surface area contributed by atoms with Crippen LogP contribution >= 0.6 is 0 Å². The van der Waals surface area contributed by atoms with Crippen molar-refractivity contribution in [2.24, 2.45) is 11.8 Å². The zero-order chi connectivity index (χ0) is 14.6. The van der Waals surface area contributed by atoms with Gasteiger partial charge in [0.25, 0.3) is 5.91 Å². The summed E-state index contributed by atoms with van der Waals surface area (Å²) < 4.78 is 0. The Kier molecular flexibility index (Phi) is 5.30. The van der Waals surface area contributed by atoms with E-state index in [9.17, 15) is 4.79 Å². The highest BCUT2D eigenvalue weighted by Gasteiger charge is 2.22. The summed E-state index contributed by atoms with van der Waals surface area (Å²) in [7, 11) is 0. The summed E-state index contributed by atoms with van der Waals surface area (Å²) in [5, 5.41) is 0. The second-order valence-electron chi connectivity index (χ2n) is 5.46. The van der Waals surface area contributed by atoms with Gasteiger partial charge in [0.2, 0.25) is 0 Å². The molecule has 0 aliphatic rings. The number of rotatable bonds is 5. The van der Waals surface area contributed by atoms with Gasteiger partial charge in [-0.3, -0.25) is 15.6 Å². The quantitative estimate of drug-likeness (QED) is 0.631. The van der Waals surface area contributed by atoms with Gasteiger partial charge in [0, 0.05) is 24.5 Å². The van der Waals surface area contributed by atoms with Crippen molar-refractivity contribution >= 4 is 11.6 Å². The first-order valence-corrected chi connectivity index (χ1v) is 6.61. The van der Waals surface area contributed by atoms with Gasteiger partial charge in [-0.2, -0.15) is 0 Å². The van der Waals surface area contributed by atoms with E-state index in [0.29, 0.717) is 23.7 Å². The number of nitrogen functional groups attached to an aromatic ring is 1. The molecule has 0 aliphatic carbocycles. The fraction of sp³-hybridized carbons (Fsp3) is 0.571. The molecule has 0 saturated carbocycles. The Bertz CT molecular complexity index is 443. The van der Waals surface area contributed by atoms with E-state index in [4.69, 9.17) is 5.84 Å². The lowest BCUT2D eigenvalue weighted by molar-refractivity contribution is 0.0682. The molecule has 5 nitrogen and oxygen atoms in total. The molecule has 0 bridgehead atoms. The molecule has 0 radical (unpaired) electrons. The maximum Gasteiger partial charge on any atom is 0.257 e. The second-order valence-corrected chi connectivity index (χ2v) is 5.46. The van der Waals surface area contributed by atoms with Gasteiger partial charge in [-0.05, 0) is 32.8 Å². The summed E-state index contributed by atoms with van der Waals surface area (Å²) in [6.45, 7) is 10.8. The third-order valence-corrected chi connectivity index (χ3v) is 2.87. The summed E-state index contributed by atoms with van der Waals surface area (Å²) in [4.78, 5) is 18.6. The lowest BCUT2D eigenvalue weighted by atomic mass is 10.1. The van der Waals surface area contributed by atoms with Gasteiger partial charge in [0.1, 0.15) is 0 Å². The predicted molar refractivity (Wildman–Crippen MR) is 77.8 cm³/mol. The van der Waals surface area contributed by atoms with E-state index < -0.39 is 0 Å². The lowest BCUT2D eigenvalue weighted by Gasteiger charge is -2.29. The second kappa shape index (κ2) is 6.52. The highest BCUT2D eigenvalue weighted by Crippen LogP contribution is 2.18. The molecule has 5 heteroatoms. The summed E-state index contributed by atoms with van der Waals surface area (Å²) in [5.41, 5.74) is 4.53. The van der Waals surface area contributed by atoms with E-state index in [1.807, 2.05) is 25.7 Å². The monoisotopic (exact) mass is 264 g/mol. The van der Waals surface area contributed by atoms with Crippen molar-refractivity contribution < 1.29 is 4.79 Å². The summed E-state index contributed by atoms with van der Waals surface area (Å²) >= 11 is 0. The number of aromatic nitrogens is 1. The maximum absolute atomic E-state index is 12.6. The van der Waals surface area contributed by atoms with Crippen LogP contribution in [0.5, 0.6) is 0 Å². The van der Waals surface area contributed by atoms with Crippen molar-refractivity contribution in [3.8, 4) is 0 Å². The number of aryl methyl sites for hydroxylation is 1. The molecular weight excluding hydrogens is 240 g/mol. The number of nitrogens with two attached hydrogens (primary N) is 1. The lowest BCUT2D eigenvalue weighted by Crippen LogP contribution is -2.40. The molecular formula is C14H24N4O. The van der Waals surface area contributed by atoms with Crippen LogP contribution in [-0.4, -0.2) is 28.4 Å². The van der Waals surface area contributed by atoms with Crippen LogP contribution in [0.4, 0.5) is 5.69 Å². The number of hydrogen-bond acceptors (Lipinski definition) is 4. The molecule has 3 N–H and O–H groups in total. The van der Waals surface area contributed by atoms with Crippen LogP contribution in [0.3, 0.4) is 0 Å². The zero-order valence-corrected chi connectivity index (χ0v) is 12.4. The number of carbonyl (C=O) groups is 1. The molecule has 1 amide bonds. The Morgan fingerprint density at radius 2 is 2.05 bits per heavy atom. The number of hydrazine groups is 1. The topological polar surface area (TPSA) is 71.2 Å². The van der Waals surface area contributed by atoms with Crippen molar-refractivity contribution in [1.29, 1.82) is 0 Å². The van der Waals surface area contributed by atoms with E-state index in [1.54, 1.807) is 12.3 Å². The van der Waals surface area contributed by atoms with Gasteiger partial charge < -0.3 is 10.3 Å². The normalized spacial score (nSPS) is 10.9. The highest BCUT2D eigenvalue weighted by atomic mass is 16.2. The van der Waals surface area contributed by atoms with E-state index in [2.05, 4.69) is 24.3 Å². The molecule has 0 aromatic carbocycles. The summed E-state index contributed by atoms with van der Waals surface area (Å²) in [6, 6.07) is 1.92. The van der Waals surface area contributed by atoms with Crippen LogP contribution in [-0.2, 0) is 0 Å². The van der Waals surface area contributed by atoms with Gasteiger partial charge in [-0.25, -0.2) is 0 Å². The van der Waals surface area contributed by atoms with Crippen molar-refractivity contribution in [1.82, 2.24) is 9.88 Å². The van der Waals surface area contributed by atoms with E-state index >= 15 is 0 Å². The average Bonchev–Trinajstić information content (AvgIpc) is 2.34. The standard InChI is InChI=1S/C14H24N4O/c1-9(2)8-18(10(3)4)14(19)12-7-16-11(5)6-13(12)17-15/h6-7,9-10H,8,15H2,1-5H3,(H,16,17). The number of nitrogens with zero attached hydrogens (tertiary/aromatic N) is 2. The molecule has 0 spiro atoms. The third kappa shape index (κ3) is 3.92. The number of nitrogens with one attached hydrogen (secondary N) is 1. The Labute approximate surface area is 115 Å². The van der Waals surface area contributed by atoms with E-state index in [1.165, 1.54) is 0 Å². The smallest absolute Gasteiger partial charge is 0.257 e. The van der Waals surface area contributed by atoms with Crippen LogP contribution in [0.25, 0.3) is 0 Å². The molecule has 0 unspecified atom stereocenters. The Morgan fingerprint density at radius 3 is 2.53 bits per heavy atom. The minimum absolute atomic E-state index is 0.0378. The fourth-order valence-corrected chi connectivity index (χ4v) is 1.93. The van der Waals surface area contributed by atoms with E-state index in [0.717, 1.165) is 5.69 Å². The predicted octanol–water partition coefficient (Wildman–Crippen LogP) is 2.18. The Balaban J connectivity index is 3.09. The van der Waals surface area contributed by atoms with Crippen LogP contribution in [0.2, 0.25) is 0 Å². The van der Waals surface area contributed by atoms with Gasteiger partial charge in [-0.15, -0.1) is 0 Å². The molecule has 1 rings (SSSR count). The van der Waals surface area contributed by atoms with Crippen molar-refractivity contribution in [2.75, 3.05) is 12.0 Å². The molecule has 0 aliphatic heterocycles. The largest absolute Gasteiger partial charge is 0.336 e. The van der Waals surface area contributed by atoms with Gasteiger partial charge >= 0.3 is 0 Å². The molecule has 0 atom stereocenters. The zero-order valence-electron chi connectivity index (χ0n) is 12.4. The van der Waals surface area contributed by atoms with Crippen molar-refractivity contribution in [2.45, 2.75) is 40.7 Å². The van der Waals surface area contributed by atoms with Crippen LogP contribution in [0.1, 0.15) is 43.7 Å². The molecule has 106 valence electrons. The number of anilines is 1. The minimum atomic E-state index is -0.0378. The van der Waals surface area contributed by atoms with Crippen molar-refractivity contribution in [3.63, 3.8) is 0 Å². The number of hydrogen-bond donors (Lipinski definition) is 2. The molecule has 0 saturated heterocycles. The first-order chi connectivity index (χ1) is 8.86. The Morgan fingerprint density at radius 1 is 1.42 bits per heavy atom. The molecule has 19 heavy (non-hydrogen) atoms. The van der Waals surface area contributed by atoms with Crippen LogP contribution in [0, 0.1) is 12.8 Å². The first kappa shape index (κ1) is 15.4. The number of amides is 1. The summed E-state index contributed by atoms with van der Waals surface area (Å²) in [5.74, 6) is 5.86. The van der Waals surface area contributed by atoms with Gasteiger partial charge in [0.15, 0.2) is 0 Å². The average molecular weight is 264 g/mol. The van der Waals surface area contributed by atoms with Crippen LogP contribution < -0.4 is 11.3 Å². The Hall–Kier alpha value is -1.62. The molecule has 1 aromatic heterocycles. The fourth-order valence-electron chi connectivity index (χ4n) is 1.93. The van der Waals surface area contributed by atoms with Crippen molar-refractivity contribution in [3.05, 3.63) is 23.5 Å². The maximum atomic E-state index is 12.6. The minimum Gasteiger partial charge on any atom is -0.336 e. The molecule has 0 fully saturated rings. The molecule has 1 heterocycles. The van der Waals surface area contributed by atoms with Gasteiger partial charge in [0.05, 0.1) is 11.3 Å². The third-order valence-electron chi connectivity index (χ3n) is 2.87. The van der Waals surface area contributed by atoms with E-state index in [-0.39, 0.29) is 11.9 Å². The number of pyridine rings is 1. The number of carbonyl (C=O) groups excluding carboxylic acids is 1. The summed E-state index contributed by atoms with van der Waals surface area (Å²) in [6.07, 6.45) is 1.59. The highest BCUT2D eigenvalue weighted by molar-refractivity contribution is 5.99. The van der Waals surface area contributed by atoms with Crippen LogP contribution in [0.15, 0.2) is 12.3 Å². The van der Waals surface area contributed by atoms with Gasteiger partial charge in [-0.1, -0.05) is 13.8 Å². The first-order valence-electron chi connectivity index (χ1n) is 6.61.